The van der Waals surface area contributed by atoms with Crippen LogP contribution in [-0.4, -0.2) is 25.7 Å². The zero-order chi connectivity index (χ0) is 10.9. The van der Waals surface area contributed by atoms with Gasteiger partial charge in [0.2, 0.25) is 0 Å². The summed E-state index contributed by atoms with van der Waals surface area (Å²) in [5.41, 5.74) is -0.354. The van der Waals surface area contributed by atoms with Crippen LogP contribution in [-0.2, 0) is 6.18 Å². The summed E-state index contributed by atoms with van der Waals surface area (Å²) >= 11 is 0. The van der Waals surface area contributed by atoms with E-state index in [0.29, 0.717) is 5.69 Å². The van der Waals surface area contributed by atoms with Crippen molar-refractivity contribution in [1.82, 2.24) is 25.7 Å². The minimum Gasteiger partial charge on any atom is -0.166 e. The van der Waals surface area contributed by atoms with E-state index in [0.717, 1.165) is 16.9 Å². The number of hydrogen-bond acceptors (Lipinski definition) is 4. The fourth-order valence-electron chi connectivity index (χ4n) is 1.02. The first-order chi connectivity index (χ1) is 7.07. The summed E-state index contributed by atoms with van der Waals surface area (Å²) in [5.74, 6) is 0. The minimum atomic E-state index is -4.34. The van der Waals surface area contributed by atoms with Gasteiger partial charge in [0, 0.05) is 0 Å². The van der Waals surface area contributed by atoms with E-state index in [9.17, 15) is 13.2 Å². The Morgan fingerprint density at radius 3 is 1.93 bits per heavy atom. The third-order valence-corrected chi connectivity index (χ3v) is 1.72. The maximum absolute atomic E-state index is 12.2. The quantitative estimate of drug-likeness (QED) is 0.714. The van der Waals surface area contributed by atoms with Crippen molar-refractivity contribution in [2.45, 2.75) is 6.18 Å². The maximum Gasteiger partial charge on any atom is 0.416 e. The number of benzene rings is 1. The number of hydrogen-bond donors (Lipinski definition) is 0. The molecular formula is C7H4F3N5. The second-order valence-corrected chi connectivity index (χ2v) is 2.69. The standard InChI is InChI=1S/C7H4F3N5/c8-7(9,10)5-1-3-6(4-2-5)15-13-11-12-14-15/h1-4H. The third-order valence-electron chi connectivity index (χ3n) is 1.72. The zero-order valence-corrected chi connectivity index (χ0v) is 7.18. The summed E-state index contributed by atoms with van der Waals surface area (Å²) in [6.07, 6.45) is -4.34. The molecule has 0 aliphatic heterocycles. The lowest BCUT2D eigenvalue weighted by molar-refractivity contribution is -0.137. The Kier molecular flexibility index (Phi) is 2.10. The van der Waals surface area contributed by atoms with Gasteiger partial charge in [-0.25, -0.2) is 0 Å². The summed E-state index contributed by atoms with van der Waals surface area (Å²) < 4.78 is 36.6. The Morgan fingerprint density at radius 1 is 0.933 bits per heavy atom. The Balaban J connectivity index is 2.33. The average molecular weight is 215 g/mol. The van der Waals surface area contributed by atoms with Gasteiger partial charge in [-0.3, -0.25) is 0 Å². The molecule has 2 aromatic rings. The zero-order valence-electron chi connectivity index (χ0n) is 7.18. The molecule has 78 valence electrons. The van der Waals surface area contributed by atoms with E-state index in [-0.39, 0.29) is 0 Å². The molecule has 0 unspecified atom stereocenters. The van der Waals surface area contributed by atoms with Gasteiger partial charge < -0.3 is 0 Å². The number of halogens is 3. The van der Waals surface area contributed by atoms with E-state index in [4.69, 9.17) is 0 Å². The summed E-state index contributed by atoms with van der Waals surface area (Å²) in [5, 5.41) is 13.3. The van der Waals surface area contributed by atoms with Gasteiger partial charge in [0.05, 0.1) is 11.3 Å². The van der Waals surface area contributed by atoms with Crippen molar-refractivity contribution < 1.29 is 13.2 Å². The minimum absolute atomic E-state index is 0.369. The fourth-order valence-corrected chi connectivity index (χ4v) is 1.02. The van der Waals surface area contributed by atoms with Crippen molar-refractivity contribution in [3.8, 4) is 5.69 Å². The molecule has 0 N–H and O–H groups in total. The van der Waals surface area contributed by atoms with Gasteiger partial charge >= 0.3 is 6.18 Å². The van der Waals surface area contributed by atoms with Gasteiger partial charge in [-0.15, -0.1) is 4.80 Å². The maximum atomic E-state index is 12.2. The smallest absolute Gasteiger partial charge is 0.166 e. The van der Waals surface area contributed by atoms with Crippen LogP contribution in [0.25, 0.3) is 5.69 Å². The van der Waals surface area contributed by atoms with Crippen LogP contribution in [0.3, 0.4) is 0 Å². The summed E-state index contributed by atoms with van der Waals surface area (Å²) in [7, 11) is 0. The van der Waals surface area contributed by atoms with Crippen LogP contribution in [0.1, 0.15) is 5.56 Å². The molecule has 0 aliphatic carbocycles. The van der Waals surface area contributed by atoms with E-state index >= 15 is 0 Å². The predicted octanol–water partition coefficient (Wildman–Crippen LogP) is 1.08. The Morgan fingerprint density at radius 2 is 1.47 bits per heavy atom. The van der Waals surface area contributed by atoms with Gasteiger partial charge in [-0.2, -0.15) is 13.2 Å². The van der Waals surface area contributed by atoms with Gasteiger partial charge in [0.1, 0.15) is 0 Å². The molecule has 1 aromatic heterocycles. The highest BCUT2D eigenvalue weighted by atomic mass is 19.4. The summed E-state index contributed by atoms with van der Waals surface area (Å²) in [4.78, 5) is 1.03. The fraction of sp³-hybridized carbons (Fsp3) is 0.143. The second kappa shape index (κ2) is 3.30. The van der Waals surface area contributed by atoms with E-state index in [1.54, 1.807) is 0 Å². The van der Waals surface area contributed by atoms with Crippen molar-refractivity contribution in [1.29, 1.82) is 0 Å². The molecule has 0 fully saturated rings. The molecule has 2 rings (SSSR count). The van der Waals surface area contributed by atoms with Crippen molar-refractivity contribution >= 4 is 0 Å². The second-order valence-electron chi connectivity index (χ2n) is 2.69. The van der Waals surface area contributed by atoms with Crippen molar-refractivity contribution in [2.75, 3.05) is 0 Å². The van der Waals surface area contributed by atoms with Crippen LogP contribution in [0.5, 0.6) is 0 Å². The Hall–Kier alpha value is -1.99. The van der Waals surface area contributed by atoms with Crippen LogP contribution in [0, 0.1) is 0 Å². The first kappa shape index (κ1) is 9.56. The highest BCUT2D eigenvalue weighted by Crippen LogP contribution is 2.29. The Bertz CT molecular complexity index is 433. The highest BCUT2D eigenvalue weighted by Gasteiger charge is 2.30. The Labute approximate surface area is 81.5 Å². The SMILES string of the molecule is FC(F)(F)c1ccc(-n2nnnn2)cc1. The van der Waals surface area contributed by atoms with Crippen LogP contribution in [0.4, 0.5) is 13.2 Å². The van der Waals surface area contributed by atoms with E-state index < -0.39 is 11.7 Å². The first-order valence-electron chi connectivity index (χ1n) is 3.86. The van der Waals surface area contributed by atoms with Gasteiger partial charge in [0.25, 0.3) is 0 Å². The molecule has 0 atom stereocenters. The number of rotatable bonds is 1. The summed E-state index contributed by atoms with van der Waals surface area (Å²) in [6, 6.07) is 4.37. The highest BCUT2D eigenvalue weighted by molar-refractivity contribution is 5.33. The molecule has 1 heterocycles. The molecule has 0 aliphatic rings. The molecule has 0 bridgehead atoms. The van der Waals surface area contributed by atoms with Gasteiger partial charge in [0.15, 0.2) is 0 Å². The molecule has 0 saturated carbocycles. The van der Waals surface area contributed by atoms with Crippen molar-refractivity contribution in [2.24, 2.45) is 0 Å². The van der Waals surface area contributed by atoms with E-state index in [1.165, 1.54) is 12.1 Å². The molecule has 8 heteroatoms. The molecule has 15 heavy (non-hydrogen) atoms. The topological polar surface area (TPSA) is 56.5 Å². The number of aromatic nitrogens is 5. The molecule has 0 amide bonds. The molecule has 5 nitrogen and oxygen atoms in total. The molecule has 0 radical (unpaired) electrons. The monoisotopic (exact) mass is 215 g/mol. The predicted molar refractivity (Wildman–Crippen MR) is 42.0 cm³/mol. The normalized spacial score (nSPS) is 11.7. The van der Waals surface area contributed by atoms with Gasteiger partial charge in [-0.05, 0) is 45.1 Å². The molecular weight excluding hydrogens is 211 g/mol. The van der Waals surface area contributed by atoms with Crippen molar-refractivity contribution in [3.05, 3.63) is 29.8 Å². The van der Waals surface area contributed by atoms with Crippen LogP contribution >= 0.6 is 0 Å². The molecule has 0 saturated heterocycles. The lowest BCUT2D eigenvalue weighted by Gasteiger charge is -2.06. The van der Waals surface area contributed by atoms with Crippen LogP contribution in [0.15, 0.2) is 24.3 Å². The molecule has 1 aromatic carbocycles. The van der Waals surface area contributed by atoms with Crippen LogP contribution in [0.2, 0.25) is 0 Å². The average Bonchev–Trinajstić information content (AvgIpc) is 2.69. The number of nitrogens with zero attached hydrogens (tertiary/aromatic N) is 5. The molecule has 0 spiro atoms. The lowest BCUT2D eigenvalue weighted by atomic mass is 10.2. The number of alkyl halides is 3. The summed E-state index contributed by atoms with van der Waals surface area (Å²) in [6.45, 7) is 0. The largest absolute Gasteiger partial charge is 0.416 e. The first-order valence-corrected chi connectivity index (χ1v) is 3.86. The van der Waals surface area contributed by atoms with Crippen LogP contribution < -0.4 is 0 Å². The van der Waals surface area contributed by atoms with Gasteiger partial charge in [-0.1, -0.05) is 0 Å². The van der Waals surface area contributed by atoms with Crippen molar-refractivity contribution in [3.63, 3.8) is 0 Å². The third kappa shape index (κ3) is 1.92. The van der Waals surface area contributed by atoms with E-state index in [2.05, 4.69) is 20.9 Å². The van der Waals surface area contributed by atoms with E-state index in [1.807, 2.05) is 0 Å². The lowest BCUT2D eigenvalue weighted by Crippen LogP contribution is -2.05.